The molecule has 3 heterocycles. The number of fused-ring (bicyclic) bond motifs is 2. The fraction of sp³-hybridized carbons (Fsp3) is 0.125. The van der Waals surface area contributed by atoms with Gasteiger partial charge in [-0.3, -0.25) is 14.5 Å². The molecule has 160 valence electrons. The number of aryl methyl sites for hydroxylation is 1. The van der Waals surface area contributed by atoms with Crippen LogP contribution in [0.4, 0.5) is 10.2 Å². The van der Waals surface area contributed by atoms with Crippen LogP contribution in [0.2, 0.25) is 0 Å². The Kier molecular flexibility index (Phi) is 4.62. The van der Waals surface area contributed by atoms with E-state index in [0.717, 1.165) is 6.07 Å². The Balaban J connectivity index is 1.77. The zero-order valence-electron chi connectivity index (χ0n) is 17.0. The van der Waals surface area contributed by atoms with Gasteiger partial charge in [-0.05, 0) is 42.8 Å². The summed E-state index contributed by atoms with van der Waals surface area (Å²) in [5.41, 5.74) is 0.347. The monoisotopic (exact) mass is 432 g/mol. The van der Waals surface area contributed by atoms with Crippen molar-refractivity contribution in [1.29, 1.82) is 0 Å². The predicted molar refractivity (Wildman–Crippen MR) is 114 cm³/mol. The number of aromatic nitrogens is 1. The Hall–Kier alpha value is -4.20. The molecule has 8 heteroatoms. The highest BCUT2D eigenvalue weighted by Gasteiger charge is 2.45. The first-order chi connectivity index (χ1) is 15.5. The average Bonchev–Trinajstić information content (AvgIpc) is 3.34. The maximum absolute atomic E-state index is 13.9. The summed E-state index contributed by atoms with van der Waals surface area (Å²) in [4.78, 5) is 28.2. The molecule has 2 aromatic carbocycles. The first kappa shape index (κ1) is 19.7. The minimum Gasteiger partial charge on any atom is -0.490 e. The standard InChI is InChI=1S/C24H17FN2O5/c1-3-9-30-16-6-4-5-14(11-16)21-20-22(28)17-12-15(25)7-8-18(17)31-23(20)24(29)27(21)19-10-13(2)32-26-19/h3-8,10-12,21H,1,9H2,2H3. The van der Waals surface area contributed by atoms with E-state index in [1.54, 1.807) is 43.3 Å². The highest BCUT2D eigenvalue weighted by atomic mass is 19.1. The third-order valence-corrected chi connectivity index (χ3v) is 5.24. The summed E-state index contributed by atoms with van der Waals surface area (Å²) >= 11 is 0. The molecule has 1 atom stereocenters. The molecule has 0 saturated carbocycles. The summed E-state index contributed by atoms with van der Waals surface area (Å²) in [5, 5.41) is 4.03. The van der Waals surface area contributed by atoms with Gasteiger partial charge >= 0.3 is 0 Å². The lowest BCUT2D eigenvalue weighted by Crippen LogP contribution is -2.29. The first-order valence-electron chi connectivity index (χ1n) is 9.84. The van der Waals surface area contributed by atoms with Gasteiger partial charge in [0.1, 0.15) is 29.5 Å². The lowest BCUT2D eigenvalue weighted by molar-refractivity contribution is 0.0969. The molecule has 0 saturated heterocycles. The summed E-state index contributed by atoms with van der Waals surface area (Å²) in [5.74, 6) is 0.0366. The van der Waals surface area contributed by atoms with Crippen LogP contribution in [0.3, 0.4) is 0 Å². The second-order valence-corrected chi connectivity index (χ2v) is 7.36. The maximum atomic E-state index is 13.9. The van der Waals surface area contributed by atoms with E-state index in [2.05, 4.69) is 11.7 Å². The Morgan fingerprint density at radius 2 is 2.06 bits per heavy atom. The maximum Gasteiger partial charge on any atom is 0.296 e. The smallest absolute Gasteiger partial charge is 0.296 e. The Bertz CT molecular complexity index is 1440. The molecule has 0 radical (unpaired) electrons. The number of nitrogens with zero attached hydrogens (tertiary/aromatic N) is 2. The van der Waals surface area contributed by atoms with Gasteiger partial charge in [-0.25, -0.2) is 4.39 Å². The van der Waals surface area contributed by atoms with Crippen LogP contribution in [0.5, 0.6) is 5.75 Å². The van der Waals surface area contributed by atoms with Gasteiger partial charge in [-0.2, -0.15) is 0 Å². The summed E-state index contributed by atoms with van der Waals surface area (Å²) < 4.78 is 30.5. The van der Waals surface area contributed by atoms with E-state index in [9.17, 15) is 14.0 Å². The third-order valence-electron chi connectivity index (χ3n) is 5.24. The van der Waals surface area contributed by atoms with Crippen LogP contribution < -0.4 is 15.1 Å². The highest BCUT2D eigenvalue weighted by molar-refractivity contribution is 6.10. The second kappa shape index (κ2) is 7.49. The number of ether oxygens (including phenoxy) is 1. The summed E-state index contributed by atoms with van der Waals surface area (Å²) in [6.45, 7) is 5.63. The zero-order valence-corrected chi connectivity index (χ0v) is 17.0. The molecule has 1 amide bonds. The van der Waals surface area contributed by atoms with Crippen molar-refractivity contribution in [3.8, 4) is 5.75 Å². The van der Waals surface area contributed by atoms with Crippen molar-refractivity contribution in [1.82, 2.24) is 5.16 Å². The van der Waals surface area contributed by atoms with Crippen LogP contribution in [0, 0.1) is 12.7 Å². The molecule has 1 aliphatic rings. The largest absolute Gasteiger partial charge is 0.490 e. The molecular weight excluding hydrogens is 415 g/mol. The van der Waals surface area contributed by atoms with Gasteiger partial charge in [0.15, 0.2) is 11.2 Å². The fourth-order valence-corrected chi connectivity index (χ4v) is 3.89. The van der Waals surface area contributed by atoms with Crippen LogP contribution in [-0.4, -0.2) is 17.7 Å². The van der Waals surface area contributed by atoms with Crippen molar-refractivity contribution >= 4 is 22.7 Å². The number of benzene rings is 2. The lowest BCUT2D eigenvalue weighted by atomic mass is 9.98. The van der Waals surface area contributed by atoms with E-state index in [-0.39, 0.29) is 28.1 Å². The molecule has 0 N–H and O–H groups in total. The van der Waals surface area contributed by atoms with Crippen LogP contribution in [-0.2, 0) is 0 Å². The number of rotatable bonds is 5. The van der Waals surface area contributed by atoms with Crippen molar-refractivity contribution in [2.24, 2.45) is 0 Å². The quantitative estimate of drug-likeness (QED) is 0.431. The minimum atomic E-state index is -0.863. The van der Waals surface area contributed by atoms with Gasteiger partial charge in [0.25, 0.3) is 5.91 Å². The van der Waals surface area contributed by atoms with E-state index in [1.807, 2.05) is 0 Å². The van der Waals surface area contributed by atoms with Gasteiger partial charge in [-0.15, -0.1) is 0 Å². The van der Waals surface area contributed by atoms with Crippen molar-refractivity contribution in [2.75, 3.05) is 11.5 Å². The molecule has 2 aromatic heterocycles. The number of hydrogen-bond donors (Lipinski definition) is 0. The molecule has 1 unspecified atom stereocenters. The van der Waals surface area contributed by atoms with Gasteiger partial charge in [0, 0.05) is 6.07 Å². The van der Waals surface area contributed by atoms with Crippen LogP contribution >= 0.6 is 0 Å². The molecule has 0 spiro atoms. The first-order valence-corrected chi connectivity index (χ1v) is 9.84. The molecular formula is C24H17FN2O5. The molecule has 5 rings (SSSR count). The van der Waals surface area contributed by atoms with Crippen molar-refractivity contribution < 1.29 is 22.9 Å². The SMILES string of the molecule is C=CCOc1cccc(C2c3c(oc4ccc(F)cc4c3=O)C(=O)N2c2cc(C)on2)c1. The summed E-state index contributed by atoms with van der Waals surface area (Å²) in [6, 6.07) is 11.4. The summed E-state index contributed by atoms with van der Waals surface area (Å²) in [6.07, 6.45) is 1.61. The van der Waals surface area contributed by atoms with Crippen molar-refractivity contribution in [2.45, 2.75) is 13.0 Å². The zero-order chi connectivity index (χ0) is 22.4. The van der Waals surface area contributed by atoms with E-state index in [0.29, 0.717) is 23.7 Å². The van der Waals surface area contributed by atoms with E-state index < -0.39 is 23.2 Å². The molecule has 32 heavy (non-hydrogen) atoms. The fourth-order valence-electron chi connectivity index (χ4n) is 3.89. The second-order valence-electron chi connectivity index (χ2n) is 7.36. The highest BCUT2D eigenvalue weighted by Crippen LogP contribution is 2.41. The predicted octanol–water partition coefficient (Wildman–Crippen LogP) is 4.54. The molecule has 0 aliphatic carbocycles. The molecule has 0 fully saturated rings. The number of halogens is 1. The number of carbonyl (C=O) groups excluding carboxylic acids is 1. The van der Waals surface area contributed by atoms with Crippen LogP contribution in [0.15, 0.2) is 74.9 Å². The van der Waals surface area contributed by atoms with Crippen molar-refractivity contribution in [3.05, 3.63) is 99.9 Å². The Morgan fingerprint density at radius 1 is 1.22 bits per heavy atom. The van der Waals surface area contributed by atoms with E-state index in [1.165, 1.54) is 17.0 Å². The molecule has 1 aliphatic heterocycles. The normalized spacial score (nSPS) is 15.2. The Morgan fingerprint density at radius 3 is 2.81 bits per heavy atom. The number of hydrogen-bond acceptors (Lipinski definition) is 6. The Labute approximate surface area is 181 Å². The van der Waals surface area contributed by atoms with Gasteiger partial charge in [0.05, 0.1) is 17.0 Å². The van der Waals surface area contributed by atoms with Gasteiger partial charge in [-0.1, -0.05) is 29.9 Å². The van der Waals surface area contributed by atoms with Crippen LogP contribution in [0.25, 0.3) is 11.0 Å². The minimum absolute atomic E-state index is 0.0544. The van der Waals surface area contributed by atoms with Gasteiger partial charge in [0.2, 0.25) is 5.76 Å². The average molecular weight is 432 g/mol. The molecule has 4 aromatic rings. The molecule has 0 bridgehead atoms. The van der Waals surface area contributed by atoms with E-state index in [4.69, 9.17) is 13.7 Å². The third kappa shape index (κ3) is 3.08. The topological polar surface area (TPSA) is 85.8 Å². The number of amides is 1. The molecule has 7 nitrogen and oxygen atoms in total. The lowest BCUT2D eigenvalue weighted by Gasteiger charge is -2.22. The van der Waals surface area contributed by atoms with Crippen LogP contribution in [0.1, 0.15) is 33.5 Å². The number of carbonyl (C=O) groups is 1. The van der Waals surface area contributed by atoms with Gasteiger partial charge < -0.3 is 13.7 Å². The van der Waals surface area contributed by atoms with E-state index >= 15 is 0 Å². The number of anilines is 1. The summed E-state index contributed by atoms with van der Waals surface area (Å²) in [7, 11) is 0. The van der Waals surface area contributed by atoms with Crippen molar-refractivity contribution in [3.63, 3.8) is 0 Å².